The quantitative estimate of drug-likeness (QED) is 0.726. The van der Waals surface area contributed by atoms with Crippen molar-refractivity contribution < 1.29 is 9.59 Å². The van der Waals surface area contributed by atoms with Gasteiger partial charge >= 0.3 is 0 Å². The number of rotatable bonds is 6. The van der Waals surface area contributed by atoms with E-state index in [1.807, 2.05) is 0 Å². The molecule has 3 aliphatic rings. The first-order chi connectivity index (χ1) is 8.69. The SMILES string of the molecule is CCC(CC1CC1)NC1CC(=O)N(C2CC2)C1=O. The molecular weight excluding hydrogens is 228 g/mol. The molecule has 3 fully saturated rings. The summed E-state index contributed by atoms with van der Waals surface area (Å²) < 4.78 is 0. The van der Waals surface area contributed by atoms with Crippen molar-refractivity contribution in [2.45, 2.75) is 70.0 Å². The molecule has 0 aromatic heterocycles. The topological polar surface area (TPSA) is 49.4 Å². The minimum atomic E-state index is -0.248. The molecule has 4 nitrogen and oxygen atoms in total. The van der Waals surface area contributed by atoms with Crippen LogP contribution in [0.25, 0.3) is 0 Å². The van der Waals surface area contributed by atoms with E-state index in [2.05, 4.69) is 12.2 Å². The smallest absolute Gasteiger partial charge is 0.247 e. The van der Waals surface area contributed by atoms with Crippen molar-refractivity contribution in [2.24, 2.45) is 5.92 Å². The van der Waals surface area contributed by atoms with E-state index in [-0.39, 0.29) is 23.9 Å². The zero-order valence-electron chi connectivity index (χ0n) is 11.0. The summed E-state index contributed by atoms with van der Waals surface area (Å²) in [6.07, 6.45) is 7.26. The van der Waals surface area contributed by atoms with Gasteiger partial charge in [0.15, 0.2) is 0 Å². The molecule has 0 aromatic carbocycles. The van der Waals surface area contributed by atoms with Gasteiger partial charge in [-0.15, -0.1) is 0 Å². The Kier molecular flexibility index (Phi) is 3.14. The highest BCUT2D eigenvalue weighted by atomic mass is 16.2. The first-order valence-electron chi connectivity index (χ1n) is 7.31. The average molecular weight is 250 g/mol. The molecule has 4 heteroatoms. The van der Waals surface area contributed by atoms with Crippen LogP contribution in [0.15, 0.2) is 0 Å². The Morgan fingerprint density at radius 2 is 2.00 bits per heavy atom. The minimum absolute atomic E-state index is 0.0248. The lowest BCUT2D eigenvalue weighted by atomic mass is 10.1. The van der Waals surface area contributed by atoms with Crippen LogP contribution in [-0.2, 0) is 9.59 Å². The molecule has 2 amide bonds. The fraction of sp³-hybridized carbons (Fsp3) is 0.857. The summed E-state index contributed by atoms with van der Waals surface area (Å²) in [5.41, 5.74) is 0. The van der Waals surface area contributed by atoms with E-state index in [9.17, 15) is 9.59 Å². The number of hydrogen-bond donors (Lipinski definition) is 1. The molecule has 100 valence electrons. The number of hydrogen-bond acceptors (Lipinski definition) is 3. The van der Waals surface area contributed by atoms with Gasteiger partial charge in [-0.3, -0.25) is 14.5 Å². The van der Waals surface area contributed by atoms with Crippen molar-refractivity contribution in [3.05, 3.63) is 0 Å². The summed E-state index contributed by atoms with van der Waals surface area (Å²) in [5.74, 6) is 0.909. The van der Waals surface area contributed by atoms with Gasteiger partial charge in [-0.25, -0.2) is 0 Å². The number of likely N-dealkylation sites (tertiary alicyclic amines) is 1. The molecule has 2 saturated carbocycles. The third-order valence-electron chi connectivity index (χ3n) is 4.34. The number of nitrogens with one attached hydrogen (secondary N) is 1. The number of amides is 2. The first-order valence-corrected chi connectivity index (χ1v) is 7.31. The Balaban J connectivity index is 1.58. The van der Waals surface area contributed by atoms with Crippen LogP contribution in [0, 0.1) is 5.92 Å². The summed E-state index contributed by atoms with van der Waals surface area (Å²) in [4.78, 5) is 25.6. The molecule has 1 N–H and O–H groups in total. The van der Waals surface area contributed by atoms with Crippen LogP contribution < -0.4 is 5.32 Å². The predicted molar refractivity (Wildman–Crippen MR) is 67.8 cm³/mol. The number of carbonyl (C=O) groups excluding carboxylic acids is 2. The highest BCUT2D eigenvalue weighted by Gasteiger charge is 2.46. The van der Waals surface area contributed by atoms with Crippen LogP contribution in [0.3, 0.4) is 0 Å². The van der Waals surface area contributed by atoms with Gasteiger partial charge in [-0.05, 0) is 31.6 Å². The van der Waals surface area contributed by atoms with E-state index >= 15 is 0 Å². The molecular formula is C14H22N2O2. The van der Waals surface area contributed by atoms with Gasteiger partial charge in [-0.2, -0.15) is 0 Å². The zero-order valence-corrected chi connectivity index (χ0v) is 11.0. The second-order valence-electron chi connectivity index (χ2n) is 6.04. The van der Waals surface area contributed by atoms with Crippen LogP contribution in [0.5, 0.6) is 0 Å². The first kappa shape index (κ1) is 12.2. The molecule has 0 radical (unpaired) electrons. The van der Waals surface area contributed by atoms with Gasteiger partial charge in [0.1, 0.15) is 0 Å². The number of imide groups is 1. The van der Waals surface area contributed by atoms with E-state index in [0.717, 1.165) is 31.6 Å². The Labute approximate surface area is 108 Å². The Morgan fingerprint density at radius 3 is 2.56 bits per heavy atom. The van der Waals surface area contributed by atoms with Gasteiger partial charge in [0.05, 0.1) is 12.5 Å². The highest BCUT2D eigenvalue weighted by Crippen LogP contribution is 2.35. The molecule has 3 rings (SSSR count). The summed E-state index contributed by atoms with van der Waals surface area (Å²) in [7, 11) is 0. The fourth-order valence-corrected chi connectivity index (χ4v) is 2.89. The monoisotopic (exact) mass is 250 g/mol. The van der Waals surface area contributed by atoms with Gasteiger partial charge in [0, 0.05) is 12.1 Å². The summed E-state index contributed by atoms with van der Waals surface area (Å²) in [6.45, 7) is 2.15. The maximum absolute atomic E-state index is 12.2. The van der Waals surface area contributed by atoms with Crippen LogP contribution in [0.4, 0.5) is 0 Å². The molecule has 18 heavy (non-hydrogen) atoms. The summed E-state index contributed by atoms with van der Waals surface area (Å²) >= 11 is 0. The van der Waals surface area contributed by atoms with E-state index < -0.39 is 0 Å². The second kappa shape index (κ2) is 4.65. The molecule has 0 bridgehead atoms. The minimum Gasteiger partial charge on any atom is -0.303 e. The molecule has 1 aliphatic heterocycles. The lowest BCUT2D eigenvalue weighted by Crippen LogP contribution is -2.44. The molecule has 1 heterocycles. The van der Waals surface area contributed by atoms with Crippen LogP contribution in [-0.4, -0.2) is 34.8 Å². The molecule has 1 saturated heterocycles. The van der Waals surface area contributed by atoms with Crippen molar-refractivity contribution in [3.8, 4) is 0 Å². The van der Waals surface area contributed by atoms with E-state index in [1.54, 1.807) is 0 Å². The van der Waals surface area contributed by atoms with Crippen molar-refractivity contribution in [2.75, 3.05) is 0 Å². The van der Waals surface area contributed by atoms with Gasteiger partial charge in [0.25, 0.3) is 0 Å². The summed E-state index contributed by atoms with van der Waals surface area (Å²) in [5, 5.41) is 3.42. The lowest BCUT2D eigenvalue weighted by molar-refractivity contribution is -0.139. The van der Waals surface area contributed by atoms with Crippen LogP contribution in [0.2, 0.25) is 0 Å². The number of nitrogens with zero attached hydrogens (tertiary/aromatic N) is 1. The van der Waals surface area contributed by atoms with E-state index in [0.29, 0.717) is 12.5 Å². The van der Waals surface area contributed by atoms with Gasteiger partial charge in [-0.1, -0.05) is 19.8 Å². The molecule has 2 unspecified atom stereocenters. The van der Waals surface area contributed by atoms with Gasteiger partial charge in [0.2, 0.25) is 11.8 Å². The normalized spacial score (nSPS) is 30.1. The average Bonchev–Trinajstić information content (AvgIpc) is 3.21. The Hall–Kier alpha value is -0.900. The maximum Gasteiger partial charge on any atom is 0.247 e. The Bertz CT molecular complexity index is 361. The second-order valence-corrected chi connectivity index (χ2v) is 6.04. The molecule has 0 spiro atoms. The van der Waals surface area contributed by atoms with Gasteiger partial charge < -0.3 is 5.32 Å². The predicted octanol–water partition coefficient (Wildman–Crippen LogP) is 1.44. The summed E-state index contributed by atoms with van der Waals surface area (Å²) in [6, 6.07) is 0.375. The van der Waals surface area contributed by atoms with Crippen molar-refractivity contribution in [1.82, 2.24) is 10.2 Å². The fourth-order valence-electron chi connectivity index (χ4n) is 2.89. The van der Waals surface area contributed by atoms with Crippen molar-refractivity contribution in [3.63, 3.8) is 0 Å². The largest absolute Gasteiger partial charge is 0.303 e. The number of carbonyl (C=O) groups is 2. The lowest BCUT2D eigenvalue weighted by Gasteiger charge is -2.21. The third kappa shape index (κ3) is 2.44. The molecule has 0 aromatic rings. The van der Waals surface area contributed by atoms with Crippen molar-refractivity contribution in [1.29, 1.82) is 0 Å². The Morgan fingerprint density at radius 1 is 1.28 bits per heavy atom. The van der Waals surface area contributed by atoms with Crippen LogP contribution >= 0.6 is 0 Å². The third-order valence-corrected chi connectivity index (χ3v) is 4.34. The van der Waals surface area contributed by atoms with Crippen molar-refractivity contribution >= 4 is 11.8 Å². The highest BCUT2D eigenvalue weighted by molar-refractivity contribution is 6.06. The standard InChI is InChI=1S/C14H22N2O2/c1-2-10(7-9-3-4-9)15-12-8-13(17)16(14(12)18)11-5-6-11/h9-12,15H,2-8H2,1H3. The molecule has 2 atom stereocenters. The van der Waals surface area contributed by atoms with Crippen LogP contribution in [0.1, 0.15) is 51.9 Å². The molecule has 2 aliphatic carbocycles. The van der Waals surface area contributed by atoms with E-state index in [4.69, 9.17) is 0 Å². The maximum atomic E-state index is 12.2. The zero-order chi connectivity index (χ0) is 12.7. The van der Waals surface area contributed by atoms with E-state index in [1.165, 1.54) is 17.7 Å².